The fourth-order valence-corrected chi connectivity index (χ4v) is 5.38. The molecule has 0 aliphatic carbocycles. The first-order chi connectivity index (χ1) is 21.3. The highest BCUT2D eigenvalue weighted by Crippen LogP contribution is 2.28. The molecule has 220 valence electrons. The van der Waals surface area contributed by atoms with Gasteiger partial charge in [-0.05, 0) is 61.5 Å². The Bertz CT molecular complexity index is 1880. The van der Waals surface area contributed by atoms with Crippen molar-refractivity contribution in [2.45, 2.75) is 17.1 Å². The second kappa shape index (κ2) is 13.6. The van der Waals surface area contributed by atoms with Gasteiger partial charge in [-0.1, -0.05) is 54.6 Å². The van der Waals surface area contributed by atoms with Crippen molar-refractivity contribution in [1.82, 2.24) is 10.3 Å². The van der Waals surface area contributed by atoms with E-state index in [4.69, 9.17) is 5.73 Å². The fraction of sp³-hybridized carbons (Fsp3) is 0.0588. The SMILES string of the molecule is CC(Sc1cccc(NC(=O)/C(=C\c2c[nH]c3ccccc23)NC(=O)c2ccccc2)c1)C(=O)Nc1ccccc1C(N)=O. The van der Waals surface area contributed by atoms with Crippen molar-refractivity contribution in [1.29, 1.82) is 0 Å². The molecule has 0 saturated carbocycles. The molecule has 0 spiro atoms. The van der Waals surface area contributed by atoms with E-state index in [1.54, 1.807) is 85.9 Å². The number of hydrogen-bond donors (Lipinski definition) is 5. The average molecular weight is 604 g/mol. The van der Waals surface area contributed by atoms with E-state index in [1.807, 2.05) is 36.4 Å². The monoisotopic (exact) mass is 603 g/mol. The number of primary amides is 1. The standard InChI is InChI=1S/C34H29N5O4S/c1-21(32(41)38-29-17-8-6-15-27(29)31(35)40)44-25-13-9-12-24(19-25)37-34(43)30(39-33(42)22-10-3-2-4-11-22)18-23-20-36-28-16-7-5-14-26(23)28/h2-21,36H,1H3,(H2,35,40)(H,37,43)(H,38,41)(H,39,42)/b30-18+. The zero-order chi connectivity index (χ0) is 31.1. The molecule has 1 unspecified atom stereocenters. The molecule has 10 heteroatoms. The number of fused-ring (bicyclic) bond motifs is 1. The number of amides is 4. The first kappa shape index (κ1) is 29.9. The molecule has 1 heterocycles. The van der Waals surface area contributed by atoms with E-state index in [-0.39, 0.29) is 17.2 Å². The van der Waals surface area contributed by atoms with Gasteiger partial charge < -0.3 is 26.7 Å². The Hall–Kier alpha value is -5.61. The van der Waals surface area contributed by atoms with Crippen molar-refractivity contribution in [3.8, 4) is 0 Å². The number of carbonyl (C=O) groups excluding carboxylic acids is 4. The van der Waals surface area contributed by atoms with Crippen LogP contribution in [0.3, 0.4) is 0 Å². The number of H-pyrrole nitrogens is 1. The number of aromatic amines is 1. The minimum atomic E-state index is -0.636. The van der Waals surface area contributed by atoms with Gasteiger partial charge in [-0.15, -0.1) is 11.8 Å². The molecular weight excluding hydrogens is 574 g/mol. The van der Waals surface area contributed by atoms with Crippen LogP contribution in [0.4, 0.5) is 11.4 Å². The van der Waals surface area contributed by atoms with Crippen LogP contribution in [0.2, 0.25) is 0 Å². The van der Waals surface area contributed by atoms with Gasteiger partial charge in [0.25, 0.3) is 17.7 Å². The van der Waals surface area contributed by atoms with Gasteiger partial charge in [-0.3, -0.25) is 19.2 Å². The van der Waals surface area contributed by atoms with Crippen molar-refractivity contribution in [2.24, 2.45) is 5.73 Å². The Labute approximate surface area is 257 Å². The summed E-state index contributed by atoms with van der Waals surface area (Å²) < 4.78 is 0. The van der Waals surface area contributed by atoms with E-state index in [9.17, 15) is 19.2 Å². The summed E-state index contributed by atoms with van der Waals surface area (Å²) in [5.74, 6) is -1.89. The second-order valence-corrected chi connectivity index (χ2v) is 11.2. The number of anilines is 2. The van der Waals surface area contributed by atoms with Gasteiger partial charge in [0, 0.05) is 38.8 Å². The lowest BCUT2D eigenvalue weighted by Crippen LogP contribution is -2.30. The van der Waals surface area contributed by atoms with Crippen molar-refractivity contribution < 1.29 is 19.2 Å². The van der Waals surface area contributed by atoms with Crippen LogP contribution < -0.4 is 21.7 Å². The number of benzene rings is 4. The van der Waals surface area contributed by atoms with E-state index in [0.717, 1.165) is 21.4 Å². The molecule has 0 saturated heterocycles. The first-order valence-electron chi connectivity index (χ1n) is 13.7. The lowest BCUT2D eigenvalue weighted by Gasteiger charge is -2.15. The number of aromatic nitrogens is 1. The summed E-state index contributed by atoms with van der Waals surface area (Å²) in [7, 11) is 0. The summed E-state index contributed by atoms with van der Waals surface area (Å²) in [5.41, 5.74) is 8.57. The summed E-state index contributed by atoms with van der Waals surface area (Å²) in [4.78, 5) is 55.1. The van der Waals surface area contributed by atoms with E-state index in [2.05, 4.69) is 20.9 Å². The van der Waals surface area contributed by atoms with E-state index in [0.29, 0.717) is 16.9 Å². The molecule has 9 nitrogen and oxygen atoms in total. The third-order valence-corrected chi connectivity index (χ3v) is 7.77. The Balaban J connectivity index is 1.33. The molecule has 0 fully saturated rings. The zero-order valence-corrected chi connectivity index (χ0v) is 24.5. The van der Waals surface area contributed by atoms with Gasteiger partial charge in [-0.25, -0.2) is 0 Å². The van der Waals surface area contributed by atoms with Gasteiger partial charge >= 0.3 is 0 Å². The zero-order valence-electron chi connectivity index (χ0n) is 23.7. The van der Waals surface area contributed by atoms with Crippen LogP contribution in [0.15, 0.2) is 120 Å². The van der Waals surface area contributed by atoms with Crippen LogP contribution in [0.5, 0.6) is 0 Å². The Morgan fingerprint density at radius 3 is 2.36 bits per heavy atom. The summed E-state index contributed by atoms with van der Waals surface area (Å²) in [5, 5.41) is 8.74. The molecule has 1 aromatic heterocycles. The molecule has 0 bridgehead atoms. The predicted octanol–water partition coefficient (Wildman–Crippen LogP) is 5.80. The molecule has 44 heavy (non-hydrogen) atoms. The topological polar surface area (TPSA) is 146 Å². The average Bonchev–Trinajstić information content (AvgIpc) is 3.44. The maximum atomic E-state index is 13.6. The molecule has 1 atom stereocenters. The van der Waals surface area contributed by atoms with Crippen LogP contribution in [0.1, 0.15) is 33.2 Å². The first-order valence-corrected chi connectivity index (χ1v) is 14.6. The lowest BCUT2D eigenvalue weighted by atomic mass is 10.1. The number of nitrogens with two attached hydrogens (primary N) is 1. The third-order valence-electron chi connectivity index (χ3n) is 6.67. The minimum absolute atomic E-state index is 0.0579. The van der Waals surface area contributed by atoms with Crippen molar-refractivity contribution in [2.75, 3.05) is 10.6 Å². The molecule has 0 aliphatic rings. The summed E-state index contributed by atoms with van der Waals surface area (Å²) in [6.07, 6.45) is 3.40. The summed E-state index contributed by atoms with van der Waals surface area (Å²) in [6, 6.07) is 29.9. The largest absolute Gasteiger partial charge is 0.366 e. The van der Waals surface area contributed by atoms with Gasteiger partial charge in [0.15, 0.2) is 0 Å². The fourth-order valence-electron chi connectivity index (χ4n) is 4.46. The molecule has 0 aliphatic heterocycles. The number of nitrogens with one attached hydrogen (secondary N) is 4. The number of rotatable bonds is 10. The Morgan fingerprint density at radius 1 is 0.841 bits per heavy atom. The van der Waals surface area contributed by atoms with Gasteiger partial charge in [-0.2, -0.15) is 0 Å². The third kappa shape index (κ3) is 7.23. The van der Waals surface area contributed by atoms with Gasteiger partial charge in [0.05, 0.1) is 16.5 Å². The van der Waals surface area contributed by atoms with Crippen LogP contribution in [-0.4, -0.2) is 33.9 Å². The minimum Gasteiger partial charge on any atom is -0.366 e. The molecular formula is C34H29N5O4S. The quantitative estimate of drug-likeness (QED) is 0.101. The van der Waals surface area contributed by atoms with E-state index < -0.39 is 23.0 Å². The highest BCUT2D eigenvalue weighted by atomic mass is 32.2. The number of carbonyl (C=O) groups is 4. The lowest BCUT2D eigenvalue weighted by molar-refractivity contribution is -0.115. The molecule has 5 rings (SSSR count). The Kier molecular flexibility index (Phi) is 9.22. The van der Waals surface area contributed by atoms with Crippen LogP contribution in [0, 0.1) is 0 Å². The number of hydrogen-bond acceptors (Lipinski definition) is 5. The molecule has 6 N–H and O–H groups in total. The van der Waals surface area contributed by atoms with Crippen molar-refractivity contribution >= 4 is 63.7 Å². The number of thioether (sulfide) groups is 1. The highest BCUT2D eigenvalue weighted by molar-refractivity contribution is 8.00. The predicted molar refractivity (Wildman–Crippen MR) is 174 cm³/mol. The molecule has 5 aromatic rings. The van der Waals surface area contributed by atoms with Gasteiger partial charge in [0.1, 0.15) is 5.70 Å². The van der Waals surface area contributed by atoms with E-state index >= 15 is 0 Å². The smallest absolute Gasteiger partial charge is 0.272 e. The Morgan fingerprint density at radius 2 is 1.57 bits per heavy atom. The molecule has 4 aromatic carbocycles. The molecule has 0 radical (unpaired) electrons. The maximum absolute atomic E-state index is 13.6. The van der Waals surface area contributed by atoms with Crippen LogP contribution in [0.25, 0.3) is 17.0 Å². The van der Waals surface area contributed by atoms with E-state index in [1.165, 1.54) is 11.8 Å². The highest BCUT2D eigenvalue weighted by Gasteiger charge is 2.19. The number of para-hydroxylation sites is 2. The normalized spacial score (nSPS) is 11.9. The maximum Gasteiger partial charge on any atom is 0.272 e. The summed E-state index contributed by atoms with van der Waals surface area (Å²) >= 11 is 1.28. The second-order valence-electron chi connectivity index (χ2n) is 9.81. The summed E-state index contributed by atoms with van der Waals surface area (Å²) in [6.45, 7) is 1.74. The van der Waals surface area contributed by atoms with Gasteiger partial charge in [0.2, 0.25) is 5.91 Å². The molecule has 4 amide bonds. The van der Waals surface area contributed by atoms with Crippen molar-refractivity contribution in [3.63, 3.8) is 0 Å². The van der Waals surface area contributed by atoms with Crippen LogP contribution in [-0.2, 0) is 9.59 Å². The van der Waals surface area contributed by atoms with Crippen LogP contribution >= 0.6 is 11.8 Å². The van der Waals surface area contributed by atoms with Crippen molar-refractivity contribution in [3.05, 3.63) is 132 Å².